The first-order chi connectivity index (χ1) is 9.43. The van der Waals surface area contributed by atoms with Crippen molar-refractivity contribution in [2.45, 2.75) is 20.0 Å². The molecule has 0 aliphatic carbocycles. The maximum absolute atomic E-state index is 13.4. The van der Waals surface area contributed by atoms with Gasteiger partial charge in [-0.05, 0) is 48.7 Å². The Labute approximate surface area is 126 Å². The van der Waals surface area contributed by atoms with Crippen molar-refractivity contribution in [2.75, 3.05) is 7.11 Å². The number of hydrogen-bond acceptors (Lipinski definition) is 2. The zero-order valence-corrected chi connectivity index (χ0v) is 13.2. The van der Waals surface area contributed by atoms with Gasteiger partial charge in [-0.25, -0.2) is 4.39 Å². The molecule has 0 aliphatic heterocycles. The van der Waals surface area contributed by atoms with Crippen molar-refractivity contribution in [2.24, 2.45) is 0 Å². The number of aryl methyl sites for hydroxylation is 2. The Bertz CT molecular complexity index is 617. The molecule has 2 aromatic rings. The second kappa shape index (κ2) is 5.94. The van der Waals surface area contributed by atoms with Gasteiger partial charge in [0.1, 0.15) is 17.7 Å². The van der Waals surface area contributed by atoms with Crippen LogP contribution in [0, 0.1) is 19.7 Å². The van der Waals surface area contributed by atoms with Gasteiger partial charge >= 0.3 is 0 Å². The van der Waals surface area contributed by atoms with Crippen molar-refractivity contribution in [1.29, 1.82) is 0 Å². The molecule has 0 bridgehead atoms. The zero-order chi connectivity index (χ0) is 14.9. The van der Waals surface area contributed by atoms with Gasteiger partial charge in [0.25, 0.3) is 0 Å². The average molecular weight is 339 g/mol. The predicted molar refractivity (Wildman–Crippen MR) is 80.6 cm³/mol. The number of aliphatic hydroxyl groups is 1. The Kier molecular flexibility index (Phi) is 4.45. The normalized spacial score (nSPS) is 12.3. The molecule has 2 aromatic carbocycles. The lowest BCUT2D eigenvalue weighted by atomic mass is 9.97. The quantitative estimate of drug-likeness (QED) is 0.904. The maximum Gasteiger partial charge on any atom is 0.125 e. The SMILES string of the molecule is COc1ccc(F)cc1C(O)c1cc(C)c(Br)c(C)c1. The van der Waals surface area contributed by atoms with E-state index in [1.54, 1.807) is 0 Å². The van der Waals surface area contributed by atoms with Gasteiger partial charge in [-0.15, -0.1) is 0 Å². The number of ether oxygens (including phenoxy) is 1. The summed E-state index contributed by atoms with van der Waals surface area (Å²) in [7, 11) is 1.50. The van der Waals surface area contributed by atoms with E-state index < -0.39 is 11.9 Å². The summed E-state index contributed by atoms with van der Waals surface area (Å²) in [6.45, 7) is 3.91. The minimum atomic E-state index is -0.925. The third-order valence-corrected chi connectivity index (χ3v) is 4.51. The lowest BCUT2D eigenvalue weighted by molar-refractivity contribution is 0.214. The molecule has 2 rings (SSSR count). The number of methoxy groups -OCH3 is 1. The summed E-state index contributed by atoms with van der Waals surface area (Å²) in [6, 6.07) is 7.90. The largest absolute Gasteiger partial charge is 0.496 e. The van der Waals surface area contributed by atoms with Crippen LogP contribution in [0.25, 0.3) is 0 Å². The van der Waals surface area contributed by atoms with Crippen LogP contribution >= 0.6 is 15.9 Å². The molecular weight excluding hydrogens is 323 g/mol. The number of halogens is 2. The number of aliphatic hydroxyl groups excluding tert-OH is 1. The molecule has 106 valence electrons. The third kappa shape index (κ3) is 2.86. The van der Waals surface area contributed by atoms with E-state index in [1.807, 2.05) is 26.0 Å². The first kappa shape index (κ1) is 15.0. The molecule has 4 heteroatoms. The summed E-state index contributed by atoms with van der Waals surface area (Å²) in [5, 5.41) is 10.5. The van der Waals surface area contributed by atoms with E-state index in [9.17, 15) is 9.50 Å². The fourth-order valence-corrected chi connectivity index (χ4v) is 2.46. The molecule has 0 saturated carbocycles. The van der Waals surface area contributed by atoms with Crippen LogP contribution in [0.5, 0.6) is 5.75 Å². The zero-order valence-electron chi connectivity index (χ0n) is 11.6. The third-order valence-electron chi connectivity index (χ3n) is 3.26. The van der Waals surface area contributed by atoms with Gasteiger partial charge in [0.05, 0.1) is 7.11 Å². The minimum absolute atomic E-state index is 0.398. The van der Waals surface area contributed by atoms with Gasteiger partial charge in [-0.3, -0.25) is 0 Å². The van der Waals surface area contributed by atoms with Crippen molar-refractivity contribution in [1.82, 2.24) is 0 Å². The second-order valence-corrected chi connectivity index (χ2v) is 5.55. The lowest BCUT2D eigenvalue weighted by Gasteiger charge is -2.17. The Morgan fingerprint density at radius 1 is 1.15 bits per heavy atom. The molecule has 2 nitrogen and oxygen atoms in total. The standard InChI is InChI=1S/C16H16BrFO2/c1-9-6-11(7-10(2)15(9)17)16(19)13-8-12(18)4-5-14(13)20-3/h4-8,16,19H,1-3H3. The molecule has 20 heavy (non-hydrogen) atoms. The highest BCUT2D eigenvalue weighted by molar-refractivity contribution is 9.10. The molecule has 0 fully saturated rings. The van der Waals surface area contributed by atoms with Crippen molar-refractivity contribution >= 4 is 15.9 Å². The summed E-state index contributed by atoms with van der Waals surface area (Å²) >= 11 is 3.49. The molecule has 1 unspecified atom stereocenters. The number of benzene rings is 2. The lowest BCUT2D eigenvalue weighted by Crippen LogP contribution is -2.04. The monoisotopic (exact) mass is 338 g/mol. The van der Waals surface area contributed by atoms with E-state index in [0.717, 1.165) is 15.6 Å². The predicted octanol–water partition coefficient (Wildman–Crippen LogP) is 4.30. The topological polar surface area (TPSA) is 29.5 Å². The minimum Gasteiger partial charge on any atom is -0.496 e. The summed E-state index contributed by atoms with van der Waals surface area (Å²) in [5.74, 6) is 0.0718. The highest BCUT2D eigenvalue weighted by Crippen LogP contribution is 2.33. The van der Waals surface area contributed by atoms with Crippen molar-refractivity contribution < 1.29 is 14.2 Å². The fourth-order valence-electron chi connectivity index (χ4n) is 2.24. The molecule has 0 aromatic heterocycles. The molecule has 1 atom stereocenters. The van der Waals surface area contributed by atoms with Gasteiger partial charge in [-0.1, -0.05) is 28.1 Å². The van der Waals surface area contributed by atoms with Crippen molar-refractivity contribution in [3.05, 3.63) is 62.9 Å². The molecule has 0 radical (unpaired) electrons. The summed E-state index contributed by atoms with van der Waals surface area (Å²) in [5.41, 5.74) is 3.18. The van der Waals surface area contributed by atoms with Crippen LogP contribution in [0.3, 0.4) is 0 Å². The molecule has 0 spiro atoms. The first-order valence-corrected chi connectivity index (χ1v) is 7.01. The Morgan fingerprint density at radius 3 is 2.30 bits per heavy atom. The van der Waals surface area contributed by atoms with Gasteiger partial charge in [0.15, 0.2) is 0 Å². The van der Waals surface area contributed by atoms with E-state index >= 15 is 0 Å². The van der Waals surface area contributed by atoms with Crippen LogP contribution in [0.15, 0.2) is 34.8 Å². The maximum atomic E-state index is 13.4. The van der Waals surface area contributed by atoms with Crippen molar-refractivity contribution in [3.63, 3.8) is 0 Å². The van der Waals surface area contributed by atoms with E-state index in [0.29, 0.717) is 16.9 Å². The molecule has 0 heterocycles. The fraction of sp³-hybridized carbons (Fsp3) is 0.250. The van der Waals surface area contributed by atoms with Gasteiger partial charge in [0.2, 0.25) is 0 Å². The molecular formula is C16H16BrFO2. The first-order valence-electron chi connectivity index (χ1n) is 6.22. The van der Waals surface area contributed by atoms with Gasteiger partial charge in [0, 0.05) is 10.0 Å². The highest BCUT2D eigenvalue weighted by atomic mass is 79.9. The van der Waals surface area contributed by atoms with Crippen molar-refractivity contribution in [3.8, 4) is 5.75 Å². The summed E-state index contributed by atoms with van der Waals surface area (Å²) < 4.78 is 19.6. The van der Waals surface area contributed by atoms with Crippen LogP contribution in [-0.2, 0) is 0 Å². The number of rotatable bonds is 3. The highest BCUT2D eigenvalue weighted by Gasteiger charge is 2.18. The van der Waals surface area contributed by atoms with Crippen LogP contribution < -0.4 is 4.74 Å². The van der Waals surface area contributed by atoms with E-state index in [4.69, 9.17) is 4.74 Å². The molecule has 1 N–H and O–H groups in total. The Morgan fingerprint density at radius 2 is 1.75 bits per heavy atom. The van der Waals surface area contributed by atoms with E-state index in [-0.39, 0.29) is 0 Å². The molecule has 0 amide bonds. The van der Waals surface area contributed by atoms with Gasteiger partial charge < -0.3 is 9.84 Å². The number of hydrogen-bond donors (Lipinski definition) is 1. The second-order valence-electron chi connectivity index (χ2n) is 4.76. The van der Waals surface area contributed by atoms with E-state index in [2.05, 4.69) is 15.9 Å². The Hall–Kier alpha value is -1.39. The van der Waals surface area contributed by atoms with Crippen LogP contribution in [0.4, 0.5) is 4.39 Å². The smallest absolute Gasteiger partial charge is 0.125 e. The van der Waals surface area contributed by atoms with Crippen LogP contribution in [0.2, 0.25) is 0 Å². The van der Waals surface area contributed by atoms with E-state index in [1.165, 1.54) is 25.3 Å². The summed E-state index contributed by atoms with van der Waals surface area (Å²) in [6.07, 6.45) is -0.925. The van der Waals surface area contributed by atoms with Crippen LogP contribution in [-0.4, -0.2) is 12.2 Å². The average Bonchev–Trinajstić information content (AvgIpc) is 2.43. The van der Waals surface area contributed by atoms with Crippen LogP contribution in [0.1, 0.15) is 28.4 Å². The van der Waals surface area contributed by atoms with Gasteiger partial charge in [-0.2, -0.15) is 0 Å². The molecule has 0 aliphatic rings. The molecule has 0 saturated heterocycles. The Balaban J connectivity index is 2.51. The summed E-state index contributed by atoms with van der Waals surface area (Å²) in [4.78, 5) is 0.